The van der Waals surface area contributed by atoms with Crippen LogP contribution in [0.2, 0.25) is 0 Å². The summed E-state index contributed by atoms with van der Waals surface area (Å²) in [6, 6.07) is 28.0. The molecule has 0 spiro atoms. The number of nitrogens with one attached hydrogen (secondary N) is 1. The first-order valence-corrected chi connectivity index (χ1v) is 8.72. The summed E-state index contributed by atoms with van der Waals surface area (Å²) in [7, 11) is 0. The number of anilines is 1. The van der Waals surface area contributed by atoms with Gasteiger partial charge in [-0.3, -0.25) is 9.13 Å². The largest absolute Gasteiger partial charge is 0.332 e. The number of para-hydroxylation sites is 4. The number of benzene rings is 3. The van der Waals surface area contributed by atoms with Crippen molar-refractivity contribution in [1.29, 1.82) is 0 Å². The lowest BCUT2D eigenvalue weighted by molar-refractivity contribution is 1.02. The zero-order valence-corrected chi connectivity index (χ0v) is 14.9. The van der Waals surface area contributed by atoms with Gasteiger partial charge in [0.25, 0.3) is 0 Å². The highest BCUT2D eigenvalue weighted by Gasteiger charge is 2.14. The molecule has 0 saturated heterocycles. The van der Waals surface area contributed by atoms with E-state index in [-0.39, 0.29) is 0 Å². The fourth-order valence-corrected chi connectivity index (χ4v) is 3.63. The van der Waals surface area contributed by atoms with E-state index < -0.39 is 0 Å². The highest BCUT2D eigenvalue weighted by molar-refractivity contribution is 7.80. The second kappa shape index (κ2) is 6.63. The third kappa shape index (κ3) is 2.88. The first kappa shape index (κ1) is 15.7. The highest BCUT2D eigenvalue weighted by Crippen LogP contribution is 2.23. The van der Waals surface area contributed by atoms with Crippen LogP contribution in [0.25, 0.3) is 16.7 Å². The molecule has 5 heteroatoms. The standard InChI is InChI=1S/C20H15N3S2/c24-19(21-15-9-3-1-4-10-15)23-18-14-8-7-13-17(18)22(20(23)25)16-11-5-2-6-12-16/h1-14H,(H,21,24). The van der Waals surface area contributed by atoms with Crippen molar-refractivity contribution >= 4 is 46.3 Å². The van der Waals surface area contributed by atoms with E-state index >= 15 is 0 Å². The third-order valence-corrected chi connectivity index (χ3v) is 4.64. The van der Waals surface area contributed by atoms with Crippen LogP contribution in [-0.4, -0.2) is 14.2 Å². The van der Waals surface area contributed by atoms with Crippen molar-refractivity contribution in [3.05, 3.63) is 89.7 Å². The van der Waals surface area contributed by atoms with Gasteiger partial charge < -0.3 is 5.32 Å². The van der Waals surface area contributed by atoms with E-state index in [4.69, 9.17) is 24.4 Å². The minimum atomic E-state index is 0.557. The lowest BCUT2D eigenvalue weighted by Crippen LogP contribution is -2.19. The van der Waals surface area contributed by atoms with Crippen molar-refractivity contribution in [3.8, 4) is 5.69 Å². The summed E-state index contributed by atoms with van der Waals surface area (Å²) in [4.78, 5) is 0. The van der Waals surface area contributed by atoms with Gasteiger partial charge in [0, 0.05) is 11.4 Å². The van der Waals surface area contributed by atoms with Crippen LogP contribution in [0.15, 0.2) is 84.9 Å². The van der Waals surface area contributed by atoms with Gasteiger partial charge >= 0.3 is 0 Å². The van der Waals surface area contributed by atoms with Crippen LogP contribution in [0.1, 0.15) is 0 Å². The predicted octanol–water partition coefficient (Wildman–Crippen LogP) is 5.41. The van der Waals surface area contributed by atoms with Gasteiger partial charge in [-0.1, -0.05) is 48.5 Å². The van der Waals surface area contributed by atoms with Crippen LogP contribution in [0.5, 0.6) is 0 Å². The first-order chi connectivity index (χ1) is 12.3. The number of thiocarbonyl (C=S) groups is 1. The normalized spacial score (nSPS) is 10.7. The van der Waals surface area contributed by atoms with Crippen LogP contribution in [0.4, 0.5) is 5.69 Å². The molecule has 0 unspecified atom stereocenters. The van der Waals surface area contributed by atoms with Gasteiger partial charge in [0.05, 0.1) is 11.0 Å². The average Bonchev–Trinajstić information content (AvgIpc) is 2.95. The monoisotopic (exact) mass is 361 g/mol. The average molecular weight is 361 g/mol. The molecule has 0 aliphatic carbocycles. The summed E-state index contributed by atoms with van der Waals surface area (Å²) in [5.41, 5.74) is 3.96. The molecule has 0 aliphatic heterocycles. The third-order valence-electron chi connectivity index (χ3n) is 3.99. The minimum absolute atomic E-state index is 0.557. The van der Waals surface area contributed by atoms with Crippen molar-refractivity contribution < 1.29 is 0 Å². The lowest BCUT2D eigenvalue weighted by Gasteiger charge is -2.09. The van der Waals surface area contributed by atoms with Gasteiger partial charge in [0.1, 0.15) is 0 Å². The van der Waals surface area contributed by atoms with Crippen LogP contribution in [0, 0.1) is 4.77 Å². The zero-order valence-electron chi connectivity index (χ0n) is 13.3. The molecule has 3 nitrogen and oxygen atoms in total. The molecule has 0 saturated carbocycles. The SMILES string of the molecule is S=C(Nc1ccccc1)n1c(=S)n(-c2ccccc2)c2ccccc21. The quantitative estimate of drug-likeness (QED) is 0.483. The van der Waals surface area contributed by atoms with Gasteiger partial charge in [-0.25, -0.2) is 0 Å². The van der Waals surface area contributed by atoms with Gasteiger partial charge in [-0.15, -0.1) is 0 Å². The molecule has 1 heterocycles. The first-order valence-electron chi connectivity index (χ1n) is 7.90. The molecule has 0 aliphatic rings. The predicted molar refractivity (Wildman–Crippen MR) is 110 cm³/mol. The van der Waals surface area contributed by atoms with Crippen molar-refractivity contribution in [2.24, 2.45) is 0 Å². The van der Waals surface area contributed by atoms with Crippen molar-refractivity contribution in [2.75, 3.05) is 5.32 Å². The number of imidazole rings is 1. The molecule has 1 N–H and O–H groups in total. The van der Waals surface area contributed by atoms with E-state index in [1.165, 1.54) is 0 Å². The Labute approximate surface area is 156 Å². The Morgan fingerprint density at radius 3 is 1.96 bits per heavy atom. The van der Waals surface area contributed by atoms with Crippen LogP contribution in [-0.2, 0) is 0 Å². The summed E-state index contributed by atoms with van der Waals surface area (Å²) >= 11 is 11.4. The zero-order chi connectivity index (χ0) is 17.2. The van der Waals surface area contributed by atoms with E-state index in [0.29, 0.717) is 9.88 Å². The van der Waals surface area contributed by atoms with Gasteiger partial charge in [-0.05, 0) is 60.8 Å². The number of fused-ring (bicyclic) bond motifs is 1. The molecular weight excluding hydrogens is 346 g/mol. The maximum absolute atomic E-state index is 5.77. The fourth-order valence-electron chi connectivity index (χ4n) is 2.87. The van der Waals surface area contributed by atoms with Crippen LogP contribution in [0.3, 0.4) is 0 Å². The molecule has 0 radical (unpaired) electrons. The number of hydrogen-bond acceptors (Lipinski definition) is 2. The van der Waals surface area contributed by atoms with Gasteiger partial charge in [0.2, 0.25) is 0 Å². The molecule has 122 valence electrons. The Bertz CT molecular complexity index is 1100. The molecule has 3 aromatic carbocycles. The smallest absolute Gasteiger partial charge is 0.191 e. The Kier molecular flexibility index (Phi) is 4.17. The molecule has 25 heavy (non-hydrogen) atoms. The molecule has 0 bridgehead atoms. The number of rotatable bonds is 2. The summed E-state index contributed by atoms with van der Waals surface area (Å²) in [6.07, 6.45) is 0. The maximum Gasteiger partial charge on any atom is 0.191 e. The number of nitrogens with zero attached hydrogens (tertiary/aromatic N) is 2. The molecule has 4 aromatic rings. The fraction of sp³-hybridized carbons (Fsp3) is 0. The van der Waals surface area contributed by atoms with E-state index in [0.717, 1.165) is 22.4 Å². The summed E-state index contributed by atoms with van der Waals surface area (Å²) < 4.78 is 4.59. The molecule has 1 aromatic heterocycles. The number of hydrogen-bond donors (Lipinski definition) is 1. The van der Waals surface area contributed by atoms with Gasteiger partial charge in [0.15, 0.2) is 9.88 Å². The van der Waals surface area contributed by atoms with E-state index in [1.807, 2.05) is 88.0 Å². The van der Waals surface area contributed by atoms with Crippen LogP contribution >= 0.6 is 24.4 Å². The summed E-state index contributed by atoms with van der Waals surface area (Å²) in [5.74, 6) is 0. The van der Waals surface area contributed by atoms with E-state index in [2.05, 4.69) is 11.4 Å². The van der Waals surface area contributed by atoms with E-state index in [1.54, 1.807) is 0 Å². The van der Waals surface area contributed by atoms with Crippen molar-refractivity contribution in [1.82, 2.24) is 9.13 Å². The summed E-state index contributed by atoms with van der Waals surface area (Å²) in [6.45, 7) is 0. The molecule has 0 fully saturated rings. The second-order valence-corrected chi connectivity index (χ2v) is 6.33. The summed E-state index contributed by atoms with van der Waals surface area (Å²) in [5, 5.41) is 3.83. The molecule has 4 rings (SSSR count). The van der Waals surface area contributed by atoms with Crippen LogP contribution < -0.4 is 5.32 Å². The second-order valence-electron chi connectivity index (χ2n) is 5.57. The van der Waals surface area contributed by atoms with E-state index in [9.17, 15) is 0 Å². The number of aromatic nitrogens is 2. The highest BCUT2D eigenvalue weighted by atomic mass is 32.1. The molecule has 0 atom stereocenters. The Balaban J connectivity index is 1.89. The van der Waals surface area contributed by atoms with Crippen molar-refractivity contribution in [3.63, 3.8) is 0 Å². The Hall–Kier alpha value is -2.76. The molecule has 0 amide bonds. The lowest BCUT2D eigenvalue weighted by atomic mass is 10.3. The topological polar surface area (TPSA) is 21.9 Å². The maximum atomic E-state index is 5.77. The van der Waals surface area contributed by atoms with Crippen molar-refractivity contribution in [2.45, 2.75) is 0 Å². The Morgan fingerprint density at radius 2 is 1.28 bits per heavy atom. The van der Waals surface area contributed by atoms with Gasteiger partial charge in [-0.2, -0.15) is 0 Å². The minimum Gasteiger partial charge on any atom is -0.332 e. The molecular formula is C20H15N3S2. The Morgan fingerprint density at radius 1 is 0.720 bits per heavy atom.